The number of rotatable bonds is 5. The predicted molar refractivity (Wildman–Crippen MR) is 107 cm³/mol. The maximum absolute atomic E-state index is 12.0. The van der Waals surface area contributed by atoms with Crippen LogP contribution in [0.2, 0.25) is 0 Å². The van der Waals surface area contributed by atoms with Crippen LogP contribution in [0.4, 0.5) is 0 Å². The molecule has 1 atom stereocenters. The van der Waals surface area contributed by atoms with Crippen molar-refractivity contribution in [3.8, 4) is 6.07 Å². The third kappa shape index (κ3) is 4.27. The molecule has 0 bridgehead atoms. The molecule has 3 rings (SSSR count). The Morgan fingerprint density at radius 2 is 1.96 bits per heavy atom. The van der Waals surface area contributed by atoms with E-state index in [1.165, 1.54) is 13.0 Å². The second-order valence-corrected chi connectivity index (χ2v) is 6.30. The summed E-state index contributed by atoms with van der Waals surface area (Å²) in [6.45, 7) is 3.47. The average Bonchev–Trinajstić information content (AvgIpc) is 3.11. The van der Waals surface area contributed by atoms with Gasteiger partial charge in [-0.05, 0) is 37.6 Å². The zero-order valence-electron chi connectivity index (χ0n) is 15.5. The number of H-pyrrole nitrogens is 1. The molecule has 0 unspecified atom stereocenters. The van der Waals surface area contributed by atoms with Crippen molar-refractivity contribution >= 4 is 28.7 Å². The summed E-state index contributed by atoms with van der Waals surface area (Å²) >= 11 is 0. The lowest BCUT2D eigenvalue weighted by molar-refractivity contribution is -0.141. The molecule has 6 nitrogen and oxygen atoms in total. The van der Waals surface area contributed by atoms with E-state index in [0.717, 1.165) is 16.6 Å². The Hall–Kier alpha value is -3.85. The molecular weight excluding hydrogens is 354 g/mol. The molecule has 0 amide bonds. The number of aliphatic hydroxyl groups is 1. The number of nitrogens with zero attached hydrogens (tertiary/aromatic N) is 2. The first-order valence-electron chi connectivity index (χ1n) is 8.71. The van der Waals surface area contributed by atoms with E-state index < -0.39 is 12.1 Å². The Bertz CT molecular complexity index is 1070. The number of aromatic nitrogens is 2. The number of para-hydroxylation sites is 2. The number of ether oxygens (including phenoxy) is 1. The molecule has 3 aromatic rings. The van der Waals surface area contributed by atoms with E-state index in [1.807, 2.05) is 55.5 Å². The van der Waals surface area contributed by atoms with Crippen LogP contribution < -0.4 is 0 Å². The lowest BCUT2D eigenvalue weighted by atomic mass is 10.1. The molecule has 0 saturated carbocycles. The molecule has 0 spiro atoms. The maximum Gasteiger partial charge on any atom is 0.331 e. The molecule has 2 N–H and O–H groups in total. The van der Waals surface area contributed by atoms with Crippen LogP contribution in [0.15, 0.2) is 60.4 Å². The first kappa shape index (κ1) is 18.9. The Labute approximate surface area is 162 Å². The number of aryl methyl sites for hydroxylation is 1. The van der Waals surface area contributed by atoms with Crippen LogP contribution in [0.25, 0.3) is 22.7 Å². The van der Waals surface area contributed by atoms with Crippen molar-refractivity contribution in [1.29, 1.82) is 5.26 Å². The first-order chi connectivity index (χ1) is 13.5. The van der Waals surface area contributed by atoms with E-state index in [0.29, 0.717) is 5.52 Å². The van der Waals surface area contributed by atoms with Gasteiger partial charge in [0.1, 0.15) is 11.6 Å². The molecule has 1 heterocycles. The van der Waals surface area contributed by atoms with Crippen molar-refractivity contribution in [2.45, 2.75) is 20.0 Å². The first-order valence-corrected chi connectivity index (χ1v) is 8.71. The van der Waals surface area contributed by atoms with Crippen LogP contribution in [0, 0.1) is 18.3 Å². The van der Waals surface area contributed by atoms with Gasteiger partial charge in [0.2, 0.25) is 0 Å². The van der Waals surface area contributed by atoms with Gasteiger partial charge in [0.05, 0.1) is 11.0 Å². The SMILES string of the molecule is Cc1ccc(/C=C/C(=O)O[C@@H](C)/C(O)=C(\C#N)c2nc3ccccc3[nH]2)cc1. The van der Waals surface area contributed by atoms with Crippen LogP contribution in [0.5, 0.6) is 0 Å². The topological polar surface area (TPSA) is 99.0 Å². The van der Waals surface area contributed by atoms with Gasteiger partial charge < -0.3 is 14.8 Å². The van der Waals surface area contributed by atoms with E-state index in [9.17, 15) is 15.2 Å². The second kappa shape index (κ2) is 8.23. The van der Waals surface area contributed by atoms with Crippen LogP contribution in [0.3, 0.4) is 0 Å². The Morgan fingerprint density at radius 1 is 1.25 bits per heavy atom. The summed E-state index contributed by atoms with van der Waals surface area (Å²) in [4.78, 5) is 19.3. The second-order valence-electron chi connectivity index (χ2n) is 6.30. The van der Waals surface area contributed by atoms with Crippen LogP contribution in [0.1, 0.15) is 23.9 Å². The highest BCUT2D eigenvalue weighted by Gasteiger charge is 2.20. The molecule has 2 aromatic carbocycles. The number of esters is 1. The van der Waals surface area contributed by atoms with Crippen LogP contribution >= 0.6 is 0 Å². The number of carbonyl (C=O) groups is 1. The van der Waals surface area contributed by atoms with Crippen molar-refractivity contribution in [2.75, 3.05) is 0 Å². The number of benzene rings is 2. The number of carbonyl (C=O) groups excluding carboxylic acids is 1. The van der Waals surface area contributed by atoms with Crippen molar-refractivity contribution in [3.05, 3.63) is 77.3 Å². The molecule has 6 heteroatoms. The van der Waals surface area contributed by atoms with Crippen molar-refractivity contribution < 1.29 is 14.6 Å². The molecule has 140 valence electrons. The monoisotopic (exact) mass is 373 g/mol. The van der Waals surface area contributed by atoms with E-state index in [-0.39, 0.29) is 17.2 Å². The van der Waals surface area contributed by atoms with Gasteiger partial charge in [-0.15, -0.1) is 0 Å². The van der Waals surface area contributed by atoms with Gasteiger partial charge in [-0.1, -0.05) is 42.0 Å². The molecule has 0 saturated heterocycles. The number of allylic oxidation sites excluding steroid dienone is 1. The predicted octanol–water partition coefficient (Wildman–Crippen LogP) is 4.31. The zero-order chi connectivity index (χ0) is 20.1. The molecular formula is C22H19N3O3. The molecule has 28 heavy (non-hydrogen) atoms. The number of fused-ring (bicyclic) bond motifs is 1. The summed E-state index contributed by atoms with van der Waals surface area (Å²) in [5.41, 5.74) is 3.32. The van der Waals surface area contributed by atoms with Gasteiger partial charge in [-0.25, -0.2) is 9.78 Å². The summed E-state index contributed by atoms with van der Waals surface area (Å²) in [5, 5.41) is 19.9. The summed E-state index contributed by atoms with van der Waals surface area (Å²) in [6.07, 6.45) is 1.90. The van der Waals surface area contributed by atoms with Gasteiger partial charge in [0.25, 0.3) is 0 Å². The molecule has 0 aliphatic rings. The largest absolute Gasteiger partial charge is 0.507 e. The third-order valence-electron chi connectivity index (χ3n) is 4.16. The molecule has 0 fully saturated rings. The van der Waals surface area contributed by atoms with E-state index in [2.05, 4.69) is 9.97 Å². The Balaban J connectivity index is 1.75. The highest BCUT2D eigenvalue weighted by Crippen LogP contribution is 2.21. The summed E-state index contributed by atoms with van der Waals surface area (Å²) < 4.78 is 5.21. The quantitative estimate of drug-likeness (QED) is 0.300. The van der Waals surface area contributed by atoms with E-state index >= 15 is 0 Å². The fourth-order valence-electron chi connectivity index (χ4n) is 2.62. The maximum atomic E-state index is 12.0. The van der Waals surface area contributed by atoms with Crippen LogP contribution in [-0.4, -0.2) is 27.1 Å². The number of aliphatic hydroxyl groups excluding tert-OH is 1. The molecule has 1 aromatic heterocycles. The third-order valence-corrected chi connectivity index (χ3v) is 4.16. The van der Waals surface area contributed by atoms with Crippen molar-refractivity contribution in [1.82, 2.24) is 9.97 Å². The fourth-order valence-corrected chi connectivity index (χ4v) is 2.62. The number of aromatic amines is 1. The normalized spacial score (nSPS) is 13.2. The highest BCUT2D eigenvalue weighted by molar-refractivity contribution is 5.88. The average molecular weight is 373 g/mol. The zero-order valence-corrected chi connectivity index (χ0v) is 15.5. The number of nitrogens with one attached hydrogen (secondary N) is 1. The lowest BCUT2D eigenvalue weighted by Gasteiger charge is -2.12. The number of imidazole rings is 1. The number of hydrogen-bond acceptors (Lipinski definition) is 5. The Kier molecular flexibility index (Phi) is 5.56. The van der Waals surface area contributed by atoms with Crippen LogP contribution in [-0.2, 0) is 9.53 Å². The Morgan fingerprint density at radius 3 is 2.64 bits per heavy atom. The lowest BCUT2D eigenvalue weighted by Crippen LogP contribution is -2.17. The fraction of sp³-hybridized carbons (Fsp3) is 0.136. The highest BCUT2D eigenvalue weighted by atomic mass is 16.5. The minimum Gasteiger partial charge on any atom is -0.507 e. The van der Waals surface area contributed by atoms with E-state index in [1.54, 1.807) is 12.1 Å². The minimum absolute atomic E-state index is 0.0704. The standard InChI is InChI=1S/C22H19N3O3/c1-14-7-9-16(10-8-14)11-12-20(26)28-15(2)21(27)17(13-23)22-24-18-5-3-4-6-19(18)25-22/h3-12,15,27H,1-2H3,(H,24,25)/b12-11+,21-17-/t15-/m0/s1. The summed E-state index contributed by atoms with van der Waals surface area (Å²) in [7, 11) is 0. The van der Waals surface area contributed by atoms with Gasteiger partial charge >= 0.3 is 5.97 Å². The van der Waals surface area contributed by atoms with Gasteiger partial charge in [-0.2, -0.15) is 5.26 Å². The molecule has 0 radical (unpaired) electrons. The smallest absolute Gasteiger partial charge is 0.331 e. The summed E-state index contributed by atoms with van der Waals surface area (Å²) in [6, 6.07) is 16.8. The van der Waals surface area contributed by atoms with Crippen molar-refractivity contribution in [2.24, 2.45) is 0 Å². The number of hydrogen-bond donors (Lipinski definition) is 2. The summed E-state index contributed by atoms with van der Waals surface area (Å²) in [5.74, 6) is -0.764. The molecule has 0 aliphatic carbocycles. The minimum atomic E-state index is -1.00. The van der Waals surface area contributed by atoms with Gasteiger partial charge in [0, 0.05) is 6.08 Å². The number of nitriles is 1. The van der Waals surface area contributed by atoms with Crippen molar-refractivity contribution in [3.63, 3.8) is 0 Å². The van der Waals surface area contributed by atoms with E-state index in [4.69, 9.17) is 4.74 Å². The molecule has 0 aliphatic heterocycles. The van der Waals surface area contributed by atoms with Gasteiger partial charge in [0.15, 0.2) is 17.7 Å². The van der Waals surface area contributed by atoms with Gasteiger partial charge in [-0.3, -0.25) is 0 Å².